The first kappa shape index (κ1) is 18.7. The topological polar surface area (TPSA) is 74.8 Å². The second-order valence-electron chi connectivity index (χ2n) is 6.38. The molecule has 0 saturated heterocycles. The Morgan fingerprint density at radius 3 is 2.79 bits per heavy atom. The van der Waals surface area contributed by atoms with Crippen LogP contribution in [-0.4, -0.2) is 15.9 Å². The summed E-state index contributed by atoms with van der Waals surface area (Å²) in [6, 6.07) is 13.5. The molecule has 8 heteroatoms. The quantitative estimate of drug-likeness (QED) is 0.491. The Bertz CT molecular complexity index is 1120. The molecule has 5 nitrogen and oxygen atoms in total. The van der Waals surface area contributed by atoms with Crippen molar-refractivity contribution in [3.8, 4) is 0 Å². The molecule has 1 aliphatic rings. The lowest BCUT2D eigenvalue weighted by molar-refractivity contribution is -0.116. The van der Waals surface area contributed by atoms with Crippen molar-refractivity contribution >= 4 is 35.1 Å². The van der Waals surface area contributed by atoms with Crippen molar-refractivity contribution in [1.82, 2.24) is 9.97 Å². The van der Waals surface area contributed by atoms with E-state index in [0.29, 0.717) is 21.5 Å². The molecular formula is C20H15ClFN3O2S. The fourth-order valence-corrected chi connectivity index (χ4v) is 4.24. The normalized spacial score (nSPS) is 15.8. The summed E-state index contributed by atoms with van der Waals surface area (Å²) in [4.78, 5) is 32.0. The first-order valence-electron chi connectivity index (χ1n) is 8.57. The molecule has 142 valence electrons. The molecule has 0 spiro atoms. The molecule has 3 aromatic rings. The van der Waals surface area contributed by atoms with E-state index in [1.54, 1.807) is 24.3 Å². The van der Waals surface area contributed by atoms with Gasteiger partial charge in [0.05, 0.1) is 5.56 Å². The van der Waals surface area contributed by atoms with Crippen LogP contribution in [0.3, 0.4) is 0 Å². The van der Waals surface area contributed by atoms with Crippen LogP contribution in [0.4, 0.5) is 10.2 Å². The zero-order valence-corrected chi connectivity index (χ0v) is 16.1. The number of nitrogens with zero attached hydrogens (tertiary/aromatic N) is 1. The number of anilines is 1. The number of thioether (sulfide) groups is 1. The summed E-state index contributed by atoms with van der Waals surface area (Å²) in [5, 5.41) is 3.64. The number of hydrogen-bond acceptors (Lipinski definition) is 4. The number of aromatic nitrogens is 2. The van der Waals surface area contributed by atoms with Crippen molar-refractivity contribution < 1.29 is 9.18 Å². The Balaban J connectivity index is 1.67. The van der Waals surface area contributed by atoms with E-state index in [0.717, 1.165) is 5.56 Å². The monoisotopic (exact) mass is 415 g/mol. The molecule has 0 saturated carbocycles. The second-order valence-corrected chi connectivity index (χ2v) is 7.78. The number of aromatic amines is 1. The van der Waals surface area contributed by atoms with Crippen LogP contribution in [0.2, 0.25) is 5.02 Å². The SMILES string of the molecule is O=C1CC(c2ccccc2F)c2c(nc(SCc3cccc(Cl)c3)[nH]c2=O)N1. The van der Waals surface area contributed by atoms with E-state index in [2.05, 4.69) is 15.3 Å². The van der Waals surface area contributed by atoms with E-state index in [-0.39, 0.29) is 29.3 Å². The second kappa shape index (κ2) is 7.77. The molecular weight excluding hydrogens is 401 g/mol. The molecule has 2 heterocycles. The van der Waals surface area contributed by atoms with Gasteiger partial charge in [-0.2, -0.15) is 0 Å². The van der Waals surface area contributed by atoms with Crippen LogP contribution in [0.1, 0.15) is 29.0 Å². The number of hydrogen-bond donors (Lipinski definition) is 2. The maximum absolute atomic E-state index is 14.3. The van der Waals surface area contributed by atoms with Gasteiger partial charge in [0.1, 0.15) is 11.6 Å². The molecule has 1 amide bonds. The third-order valence-electron chi connectivity index (χ3n) is 4.47. The van der Waals surface area contributed by atoms with Gasteiger partial charge in [-0.15, -0.1) is 0 Å². The molecule has 0 aliphatic carbocycles. The fraction of sp³-hybridized carbons (Fsp3) is 0.150. The first-order chi connectivity index (χ1) is 13.5. The number of rotatable bonds is 4. The van der Waals surface area contributed by atoms with Crippen molar-refractivity contribution in [1.29, 1.82) is 0 Å². The maximum atomic E-state index is 14.3. The summed E-state index contributed by atoms with van der Waals surface area (Å²) in [7, 11) is 0. The van der Waals surface area contributed by atoms with Gasteiger partial charge in [-0.3, -0.25) is 9.59 Å². The van der Waals surface area contributed by atoms with Crippen molar-refractivity contribution in [3.63, 3.8) is 0 Å². The van der Waals surface area contributed by atoms with Crippen molar-refractivity contribution in [2.75, 3.05) is 5.32 Å². The highest BCUT2D eigenvalue weighted by molar-refractivity contribution is 7.98. The number of nitrogens with one attached hydrogen (secondary N) is 2. The van der Waals surface area contributed by atoms with Crippen molar-refractivity contribution in [2.45, 2.75) is 23.2 Å². The first-order valence-corrected chi connectivity index (χ1v) is 9.93. The molecule has 0 radical (unpaired) electrons. The van der Waals surface area contributed by atoms with Gasteiger partial charge in [-0.05, 0) is 29.3 Å². The predicted molar refractivity (Wildman–Crippen MR) is 107 cm³/mol. The van der Waals surface area contributed by atoms with Crippen LogP contribution in [0.5, 0.6) is 0 Å². The number of halogens is 2. The number of carbonyl (C=O) groups is 1. The van der Waals surface area contributed by atoms with E-state index in [1.165, 1.54) is 17.8 Å². The standard InChI is InChI=1S/C20H15ClFN3O2S/c21-12-5-3-4-11(8-12)10-28-20-24-18-17(19(27)25-20)14(9-16(26)23-18)13-6-1-2-7-15(13)22/h1-8,14H,9-10H2,(H2,23,24,25,26,27). The predicted octanol–water partition coefficient (Wildman–Crippen LogP) is 4.33. The van der Waals surface area contributed by atoms with Crippen LogP contribution >= 0.6 is 23.4 Å². The minimum absolute atomic E-state index is 0.00625. The van der Waals surface area contributed by atoms with Gasteiger partial charge >= 0.3 is 0 Å². The lowest BCUT2D eigenvalue weighted by atomic mass is 9.86. The lowest BCUT2D eigenvalue weighted by Gasteiger charge is -2.24. The Kier molecular flexibility index (Phi) is 5.19. The minimum atomic E-state index is -0.673. The smallest absolute Gasteiger partial charge is 0.257 e. The van der Waals surface area contributed by atoms with Crippen LogP contribution in [-0.2, 0) is 10.5 Å². The highest BCUT2D eigenvalue weighted by atomic mass is 35.5. The minimum Gasteiger partial charge on any atom is -0.310 e. The fourth-order valence-electron chi connectivity index (χ4n) is 3.22. The van der Waals surface area contributed by atoms with Crippen LogP contribution in [0.25, 0.3) is 0 Å². The number of fused-ring (bicyclic) bond motifs is 1. The third kappa shape index (κ3) is 3.81. The molecule has 2 aromatic carbocycles. The Morgan fingerprint density at radius 2 is 2.00 bits per heavy atom. The number of amides is 1. The molecule has 28 heavy (non-hydrogen) atoms. The van der Waals surface area contributed by atoms with Crippen molar-refractivity contribution in [3.05, 3.63) is 86.4 Å². The average Bonchev–Trinajstić information content (AvgIpc) is 2.66. The summed E-state index contributed by atoms with van der Waals surface area (Å²) in [6.07, 6.45) is -0.00625. The van der Waals surface area contributed by atoms with Crippen LogP contribution in [0, 0.1) is 5.82 Å². The molecule has 1 atom stereocenters. The Hall–Kier alpha value is -2.64. The van der Waals surface area contributed by atoms with Crippen molar-refractivity contribution in [2.24, 2.45) is 0 Å². The molecule has 0 fully saturated rings. The molecule has 4 rings (SSSR count). The summed E-state index contributed by atoms with van der Waals surface area (Å²) < 4.78 is 14.3. The molecule has 0 bridgehead atoms. The van der Waals surface area contributed by atoms with Gasteiger partial charge in [0.15, 0.2) is 5.16 Å². The summed E-state index contributed by atoms with van der Waals surface area (Å²) in [6.45, 7) is 0. The van der Waals surface area contributed by atoms with E-state index in [9.17, 15) is 14.0 Å². The molecule has 1 aromatic heterocycles. The van der Waals surface area contributed by atoms with Gasteiger partial charge in [-0.25, -0.2) is 9.37 Å². The van der Waals surface area contributed by atoms with E-state index in [4.69, 9.17) is 11.6 Å². The zero-order chi connectivity index (χ0) is 19.7. The van der Waals surface area contributed by atoms with E-state index in [1.807, 2.05) is 18.2 Å². The Morgan fingerprint density at radius 1 is 1.18 bits per heavy atom. The highest BCUT2D eigenvalue weighted by Crippen LogP contribution is 2.35. The van der Waals surface area contributed by atoms with Gasteiger partial charge < -0.3 is 10.3 Å². The molecule has 2 N–H and O–H groups in total. The molecule has 1 aliphatic heterocycles. The maximum Gasteiger partial charge on any atom is 0.257 e. The lowest BCUT2D eigenvalue weighted by Crippen LogP contribution is -2.31. The van der Waals surface area contributed by atoms with Gasteiger partial charge in [0.2, 0.25) is 5.91 Å². The van der Waals surface area contributed by atoms with E-state index < -0.39 is 11.7 Å². The van der Waals surface area contributed by atoms with E-state index >= 15 is 0 Å². The van der Waals surface area contributed by atoms with Crippen LogP contribution < -0.4 is 10.9 Å². The average molecular weight is 416 g/mol. The largest absolute Gasteiger partial charge is 0.310 e. The zero-order valence-electron chi connectivity index (χ0n) is 14.5. The van der Waals surface area contributed by atoms with Gasteiger partial charge in [0, 0.05) is 23.1 Å². The number of carbonyl (C=O) groups excluding carboxylic acids is 1. The molecule has 1 unspecified atom stereocenters. The Labute approximate surface area is 169 Å². The number of H-pyrrole nitrogens is 1. The summed E-state index contributed by atoms with van der Waals surface area (Å²) >= 11 is 7.31. The van der Waals surface area contributed by atoms with Crippen LogP contribution in [0.15, 0.2) is 58.5 Å². The summed E-state index contributed by atoms with van der Waals surface area (Å²) in [5.41, 5.74) is 1.18. The highest BCUT2D eigenvalue weighted by Gasteiger charge is 2.32. The number of benzene rings is 2. The summed E-state index contributed by atoms with van der Waals surface area (Å²) in [5.74, 6) is -0.695. The van der Waals surface area contributed by atoms with Gasteiger partial charge in [0.25, 0.3) is 5.56 Å². The van der Waals surface area contributed by atoms with Gasteiger partial charge in [-0.1, -0.05) is 53.7 Å². The third-order valence-corrected chi connectivity index (χ3v) is 5.65.